The molecule has 0 aliphatic rings. The summed E-state index contributed by atoms with van der Waals surface area (Å²) in [6.45, 7) is 0. The quantitative estimate of drug-likeness (QED) is 0.458. The van der Waals surface area contributed by atoms with Crippen molar-refractivity contribution in [2.45, 2.75) is 0 Å². The largest absolute Gasteiger partial charge is 0.455 e. The Morgan fingerprint density at radius 2 is 2.20 bits per heavy atom. The first kappa shape index (κ1) is 9.73. The van der Waals surface area contributed by atoms with Gasteiger partial charge in [-0.15, -0.1) is 0 Å². The summed E-state index contributed by atoms with van der Waals surface area (Å²) in [4.78, 5) is 11.6. The predicted octanol–water partition coefficient (Wildman–Crippen LogP) is 2.25. The van der Waals surface area contributed by atoms with Gasteiger partial charge in [0.15, 0.2) is 11.2 Å². The van der Waals surface area contributed by atoms with E-state index in [1.165, 1.54) is 12.1 Å². The third kappa shape index (κ3) is 1.85. The van der Waals surface area contributed by atoms with Crippen molar-refractivity contribution in [2.24, 2.45) is 5.16 Å². The number of halogens is 1. The minimum absolute atomic E-state index is 0.192. The molecule has 0 aliphatic carbocycles. The summed E-state index contributed by atoms with van der Waals surface area (Å²) in [5.41, 5.74) is 0.176. The number of hydrogen-bond donors (Lipinski definition) is 1. The normalized spacial score (nSPS) is 11.3. The molecule has 15 heavy (non-hydrogen) atoms. The van der Waals surface area contributed by atoms with Crippen LogP contribution in [0, 0.1) is 0 Å². The average Bonchev–Trinajstić information content (AvgIpc) is 2.20. The second kappa shape index (κ2) is 3.74. The van der Waals surface area contributed by atoms with Crippen LogP contribution in [-0.2, 0) is 0 Å². The van der Waals surface area contributed by atoms with Crippen LogP contribution >= 0.6 is 11.6 Å². The molecule has 0 radical (unpaired) electrons. The second-order valence-corrected chi connectivity index (χ2v) is 3.33. The molecule has 0 unspecified atom stereocenters. The first-order valence-corrected chi connectivity index (χ1v) is 4.49. The SMILES string of the molecule is O=c1cc(C=NO)oc2ccc(Cl)cc12. The molecule has 2 aromatic rings. The zero-order chi connectivity index (χ0) is 10.8. The van der Waals surface area contributed by atoms with E-state index in [2.05, 4.69) is 5.16 Å². The van der Waals surface area contributed by atoms with Crippen molar-refractivity contribution in [3.8, 4) is 0 Å². The Hall–Kier alpha value is -1.81. The number of oxime groups is 1. The van der Waals surface area contributed by atoms with E-state index in [9.17, 15) is 4.79 Å². The molecule has 0 fully saturated rings. The van der Waals surface area contributed by atoms with Crippen molar-refractivity contribution in [2.75, 3.05) is 0 Å². The summed E-state index contributed by atoms with van der Waals surface area (Å²) in [6, 6.07) is 5.97. The topological polar surface area (TPSA) is 62.8 Å². The molecular formula is C10H6ClNO3. The number of fused-ring (bicyclic) bond motifs is 1. The minimum Gasteiger partial charge on any atom is -0.455 e. The minimum atomic E-state index is -0.228. The average molecular weight is 224 g/mol. The highest BCUT2D eigenvalue weighted by atomic mass is 35.5. The van der Waals surface area contributed by atoms with Crippen LogP contribution in [0.4, 0.5) is 0 Å². The van der Waals surface area contributed by atoms with E-state index in [0.29, 0.717) is 16.0 Å². The summed E-state index contributed by atoms with van der Waals surface area (Å²) < 4.78 is 5.27. The molecule has 0 amide bonds. The lowest BCUT2D eigenvalue weighted by Crippen LogP contribution is -2.01. The smallest absolute Gasteiger partial charge is 0.193 e. The molecule has 76 valence electrons. The fourth-order valence-corrected chi connectivity index (χ4v) is 1.44. The molecule has 2 rings (SSSR count). The molecule has 0 saturated heterocycles. The Labute approximate surface area is 89.4 Å². The summed E-state index contributed by atoms with van der Waals surface area (Å²) in [5, 5.41) is 12.0. The zero-order valence-corrected chi connectivity index (χ0v) is 8.23. The van der Waals surface area contributed by atoms with Gasteiger partial charge in [-0.1, -0.05) is 16.8 Å². The van der Waals surface area contributed by atoms with Crippen molar-refractivity contribution in [1.82, 2.24) is 0 Å². The van der Waals surface area contributed by atoms with Crippen LogP contribution in [0.15, 0.2) is 38.6 Å². The van der Waals surface area contributed by atoms with Gasteiger partial charge in [0.25, 0.3) is 0 Å². The first-order valence-electron chi connectivity index (χ1n) is 4.11. The van der Waals surface area contributed by atoms with Gasteiger partial charge in [-0.3, -0.25) is 4.79 Å². The van der Waals surface area contributed by atoms with Gasteiger partial charge in [0.05, 0.1) is 5.39 Å². The van der Waals surface area contributed by atoms with Gasteiger partial charge in [-0.2, -0.15) is 0 Å². The molecule has 4 nitrogen and oxygen atoms in total. The predicted molar refractivity (Wildman–Crippen MR) is 56.9 cm³/mol. The molecule has 1 heterocycles. The first-order chi connectivity index (χ1) is 7.20. The van der Waals surface area contributed by atoms with Gasteiger partial charge in [0, 0.05) is 11.1 Å². The summed E-state index contributed by atoms with van der Waals surface area (Å²) in [6.07, 6.45) is 1.05. The highest BCUT2D eigenvalue weighted by Gasteiger charge is 2.03. The Morgan fingerprint density at radius 1 is 1.40 bits per heavy atom. The fraction of sp³-hybridized carbons (Fsp3) is 0. The maximum atomic E-state index is 11.6. The highest BCUT2D eigenvalue weighted by molar-refractivity contribution is 6.31. The fourth-order valence-electron chi connectivity index (χ4n) is 1.27. The molecule has 0 saturated carbocycles. The lowest BCUT2D eigenvalue weighted by atomic mass is 10.2. The van der Waals surface area contributed by atoms with E-state index in [1.807, 2.05) is 0 Å². The number of benzene rings is 1. The van der Waals surface area contributed by atoms with E-state index in [-0.39, 0.29) is 11.2 Å². The maximum absolute atomic E-state index is 11.6. The number of rotatable bonds is 1. The van der Waals surface area contributed by atoms with E-state index in [4.69, 9.17) is 21.2 Å². The van der Waals surface area contributed by atoms with Crippen LogP contribution in [0.5, 0.6) is 0 Å². The van der Waals surface area contributed by atoms with Gasteiger partial charge < -0.3 is 9.62 Å². The van der Waals surface area contributed by atoms with Gasteiger partial charge in [-0.05, 0) is 18.2 Å². The summed E-state index contributed by atoms with van der Waals surface area (Å²) in [7, 11) is 0. The summed E-state index contributed by atoms with van der Waals surface area (Å²) >= 11 is 5.74. The van der Waals surface area contributed by atoms with Crippen molar-refractivity contribution < 1.29 is 9.62 Å². The molecule has 0 spiro atoms. The monoisotopic (exact) mass is 223 g/mol. The number of nitrogens with zero attached hydrogens (tertiary/aromatic N) is 1. The van der Waals surface area contributed by atoms with E-state index in [1.54, 1.807) is 12.1 Å². The van der Waals surface area contributed by atoms with Gasteiger partial charge in [0.2, 0.25) is 0 Å². The third-order valence-corrected chi connectivity index (χ3v) is 2.13. The zero-order valence-electron chi connectivity index (χ0n) is 7.48. The number of hydrogen-bond acceptors (Lipinski definition) is 4. The highest BCUT2D eigenvalue weighted by Crippen LogP contribution is 2.16. The molecule has 1 aromatic heterocycles. The molecule has 5 heteroatoms. The Morgan fingerprint density at radius 3 is 2.93 bits per heavy atom. The molecule has 0 bridgehead atoms. The molecular weight excluding hydrogens is 218 g/mol. The van der Waals surface area contributed by atoms with Crippen molar-refractivity contribution >= 4 is 28.8 Å². The van der Waals surface area contributed by atoms with Gasteiger partial charge >= 0.3 is 0 Å². The van der Waals surface area contributed by atoms with Crippen LogP contribution in [0.25, 0.3) is 11.0 Å². The van der Waals surface area contributed by atoms with Gasteiger partial charge in [0.1, 0.15) is 11.8 Å². The van der Waals surface area contributed by atoms with Crippen LogP contribution in [0.2, 0.25) is 5.02 Å². The Kier molecular flexibility index (Phi) is 2.43. The maximum Gasteiger partial charge on any atom is 0.193 e. The van der Waals surface area contributed by atoms with E-state index in [0.717, 1.165) is 6.21 Å². The Bertz CT molecular complexity index is 589. The van der Waals surface area contributed by atoms with Crippen molar-refractivity contribution in [1.29, 1.82) is 0 Å². The molecule has 0 atom stereocenters. The second-order valence-electron chi connectivity index (χ2n) is 2.90. The van der Waals surface area contributed by atoms with Gasteiger partial charge in [-0.25, -0.2) is 0 Å². The van der Waals surface area contributed by atoms with Crippen LogP contribution in [0.1, 0.15) is 5.76 Å². The van der Waals surface area contributed by atoms with E-state index >= 15 is 0 Å². The third-order valence-electron chi connectivity index (χ3n) is 1.89. The summed E-state index contributed by atoms with van der Waals surface area (Å²) in [5.74, 6) is 0.192. The van der Waals surface area contributed by atoms with Crippen LogP contribution in [0.3, 0.4) is 0 Å². The lowest BCUT2D eigenvalue weighted by molar-refractivity contribution is 0.321. The van der Waals surface area contributed by atoms with Crippen molar-refractivity contribution in [3.63, 3.8) is 0 Å². The van der Waals surface area contributed by atoms with Crippen LogP contribution < -0.4 is 5.43 Å². The van der Waals surface area contributed by atoms with Crippen LogP contribution in [-0.4, -0.2) is 11.4 Å². The van der Waals surface area contributed by atoms with Crippen molar-refractivity contribution in [3.05, 3.63) is 45.3 Å². The lowest BCUT2D eigenvalue weighted by Gasteiger charge is -1.98. The molecule has 1 N–H and O–H groups in total. The van der Waals surface area contributed by atoms with E-state index < -0.39 is 0 Å². The standard InChI is InChI=1S/C10H6ClNO3/c11-6-1-2-10-8(3-6)9(13)4-7(15-10)5-12-14/h1-5,14H. The molecule has 1 aromatic carbocycles. The molecule has 0 aliphatic heterocycles. The Balaban J connectivity index is 2.78.